The Bertz CT molecular complexity index is 592. The third kappa shape index (κ3) is 11.6. The number of benzene rings is 1. The fourth-order valence-corrected chi connectivity index (χ4v) is 2.97. The van der Waals surface area contributed by atoms with Crippen LogP contribution in [-0.4, -0.2) is 25.0 Å². The molecule has 0 aliphatic carbocycles. The zero-order valence-electron chi connectivity index (χ0n) is 19.9. The Balaban J connectivity index is 2.73. The summed E-state index contributed by atoms with van der Waals surface area (Å²) in [6.45, 7) is 13.1. The van der Waals surface area contributed by atoms with Crippen molar-refractivity contribution >= 4 is 6.16 Å². The van der Waals surface area contributed by atoms with Gasteiger partial charge in [0, 0.05) is 5.56 Å². The molecule has 30 heavy (non-hydrogen) atoms. The van der Waals surface area contributed by atoms with Crippen LogP contribution in [0.25, 0.3) is 0 Å². The van der Waals surface area contributed by atoms with Gasteiger partial charge in [-0.1, -0.05) is 58.4 Å². The number of hydrogen-bond donors (Lipinski definition) is 0. The molecule has 0 aliphatic heterocycles. The molecule has 0 spiro atoms. The SMILES string of the molecule is CCCCCCOC(OCCCCCC)c1ccc(OC(=O)OC(C)(C)C)c(C)c1. The molecule has 0 amide bonds. The van der Waals surface area contributed by atoms with Crippen LogP contribution in [0.5, 0.6) is 5.75 Å². The maximum atomic E-state index is 12.0. The molecule has 0 N–H and O–H groups in total. The first-order chi connectivity index (χ1) is 14.3. The molecule has 0 saturated carbocycles. The van der Waals surface area contributed by atoms with Gasteiger partial charge in [-0.25, -0.2) is 4.79 Å². The van der Waals surface area contributed by atoms with Crippen molar-refractivity contribution in [3.8, 4) is 5.75 Å². The summed E-state index contributed by atoms with van der Waals surface area (Å²) in [5.41, 5.74) is 1.19. The average Bonchev–Trinajstić information content (AvgIpc) is 2.66. The summed E-state index contributed by atoms with van der Waals surface area (Å²) in [5.74, 6) is 0.484. The number of ether oxygens (including phenoxy) is 4. The van der Waals surface area contributed by atoms with Crippen LogP contribution in [0.15, 0.2) is 18.2 Å². The Morgan fingerprint density at radius 3 is 1.93 bits per heavy atom. The molecule has 0 aromatic heterocycles. The number of rotatable bonds is 14. The van der Waals surface area contributed by atoms with E-state index >= 15 is 0 Å². The van der Waals surface area contributed by atoms with E-state index in [2.05, 4.69) is 13.8 Å². The molecule has 0 bridgehead atoms. The molecule has 0 fully saturated rings. The third-order valence-electron chi connectivity index (χ3n) is 4.59. The van der Waals surface area contributed by atoms with Crippen LogP contribution < -0.4 is 4.74 Å². The van der Waals surface area contributed by atoms with Crippen LogP contribution in [0.2, 0.25) is 0 Å². The molecule has 5 heteroatoms. The van der Waals surface area contributed by atoms with Gasteiger partial charge in [-0.05, 0) is 58.2 Å². The summed E-state index contributed by atoms with van der Waals surface area (Å²) in [6.07, 6.45) is 8.15. The van der Waals surface area contributed by atoms with Crippen molar-refractivity contribution < 1.29 is 23.7 Å². The fourth-order valence-electron chi connectivity index (χ4n) is 2.97. The predicted octanol–water partition coefficient (Wildman–Crippen LogP) is 7.50. The highest BCUT2D eigenvalue weighted by atomic mass is 16.7. The monoisotopic (exact) mass is 422 g/mol. The standard InChI is InChI=1S/C25H42O5/c1-7-9-11-13-17-27-23(28-18-14-12-10-8-2)21-15-16-22(20(3)19-21)29-24(26)30-25(4,5)6/h15-16,19,23H,7-14,17-18H2,1-6H3. The van der Waals surface area contributed by atoms with E-state index in [1.807, 2.05) is 39.8 Å². The highest BCUT2D eigenvalue weighted by molar-refractivity contribution is 5.65. The minimum atomic E-state index is -0.700. The molecule has 0 saturated heterocycles. The number of aryl methyl sites for hydroxylation is 1. The molecule has 5 nitrogen and oxygen atoms in total. The third-order valence-corrected chi connectivity index (χ3v) is 4.59. The zero-order chi connectivity index (χ0) is 22.4. The summed E-state index contributed by atoms with van der Waals surface area (Å²) >= 11 is 0. The number of carbonyl (C=O) groups excluding carboxylic acids is 1. The van der Waals surface area contributed by atoms with Crippen molar-refractivity contribution in [2.75, 3.05) is 13.2 Å². The van der Waals surface area contributed by atoms with Crippen molar-refractivity contribution in [3.05, 3.63) is 29.3 Å². The molecule has 1 rings (SSSR count). The van der Waals surface area contributed by atoms with Crippen LogP contribution in [0.3, 0.4) is 0 Å². The molecule has 0 radical (unpaired) electrons. The van der Waals surface area contributed by atoms with Crippen molar-refractivity contribution in [1.29, 1.82) is 0 Å². The van der Waals surface area contributed by atoms with Crippen LogP contribution in [0.1, 0.15) is 103 Å². The lowest BCUT2D eigenvalue weighted by Gasteiger charge is -2.21. The van der Waals surface area contributed by atoms with Crippen molar-refractivity contribution in [1.82, 2.24) is 0 Å². The first-order valence-electron chi connectivity index (χ1n) is 11.5. The largest absolute Gasteiger partial charge is 0.514 e. The maximum Gasteiger partial charge on any atom is 0.514 e. The van der Waals surface area contributed by atoms with Gasteiger partial charge in [0.05, 0.1) is 13.2 Å². The highest BCUT2D eigenvalue weighted by Gasteiger charge is 2.20. The van der Waals surface area contributed by atoms with Crippen molar-refractivity contribution in [2.24, 2.45) is 0 Å². The number of carbonyl (C=O) groups is 1. The number of unbranched alkanes of at least 4 members (excludes halogenated alkanes) is 6. The fraction of sp³-hybridized carbons (Fsp3) is 0.720. The van der Waals surface area contributed by atoms with Gasteiger partial charge >= 0.3 is 6.16 Å². The van der Waals surface area contributed by atoms with Gasteiger partial charge < -0.3 is 18.9 Å². The highest BCUT2D eigenvalue weighted by Crippen LogP contribution is 2.27. The normalized spacial score (nSPS) is 11.7. The molecule has 0 unspecified atom stereocenters. The molecule has 172 valence electrons. The Morgan fingerprint density at radius 1 is 0.900 bits per heavy atom. The Kier molecular flexibility index (Phi) is 12.7. The van der Waals surface area contributed by atoms with Gasteiger partial charge in [-0.2, -0.15) is 0 Å². The van der Waals surface area contributed by atoms with Gasteiger partial charge in [-0.15, -0.1) is 0 Å². The zero-order valence-corrected chi connectivity index (χ0v) is 19.9. The van der Waals surface area contributed by atoms with E-state index in [-0.39, 0.29) is 0 Å². The van der Waals surface area contributed by atoms with E-state index in [0.29, 0.717) is 19.0 Å². The van der Waals surface area contributed by atoms with Crippen LogP contribution in [0.4, 0.5) is 4.79 Å². The first kappa shape index (κ1) is 26.4. The Morgan fingerprint density at radius 2 is 1.47 bits per heavy atom. The van der Waals surface area contributed by atoms with Crippen molar-refractivity contribution in [3.63, 3.8) is 0 Å². The predicted molar refractivity (Wildman–Crippen MR) is 121 cm³/mol. The minimum absolute atomic E-state index is 0.400. The van der Waals surface area contributed by atoms with Gasteiger partial charge in [0.25, 0.3) is 0 Å². The van der Waals surface area contributed by atoms with Crippen LogP contribution in [-0.2, 0) is 14.2 Å². The molecule has 0 aliphatic rings. The average molecular weight is 423 g/mol. The van der Waals surface area contributed by atoms with Gasteiger partial charge in [0.2, 0.25) is 0 Å². The lowest BCUT2D eigenvalue weighted by molar-refractivity contribution is -0.148. The lowest BCUT2D eigenvalue weighted by Crippen LogP contribution is -2.26. The smallest absolute Gasteiger partial charge is 0.428 e. The van der Waals surface area contributed by atoms with Gasteiger partial charge in [0.1, 0.15) is 11.4 Å². The van der Waals surface area contributed by atoms with E-state index in [4.69, 9.17) is 18.9 Å². The second kappa shape index (κ2) is 14.4. The summed E-state index contributed by atoms with van der Waals surface area (Å²) in [6, 6.07) is 5.64. The summed E-state index contributed by atoms with van der Waals surface area (Å²) in [4.78, 5) is 12.0. The quantitative estimate of drug-likeness (QED) is 0.134. The second-order valence-corrected chi connectivity index (χ2v) is 8.79. The maximum absolute atomic E-state index is 12.0. The molecule has 0 atom stereocenters. The van der Waals surface area contributed by atoms with E-state index in [0.717, 1.165) is 24.0 Å². The summed E-state index contributed by atoms with van der Waals surface area (Å²) < 4.78 is 22.7. The van der Waals surface area contributed by atoms with E-state index < -0.39 is 18.0 Å². The topological polar surface area (TPSA) is 54.0 Å². The molecular formula is C25H42O5. The van der Waals surface area contributed by atoms with E-state index in [1.165, 1.54) is 38.5 Å². The molecular weight excluding hydrogens is 380 g/mol. The van der Waals surface area contributed by atoms with Crippen LogP contribution >= 0.6 is 0 Å². The second-order valence-electron chi connectivity index (χ2n) is 8.79. The van der Waals surface area contributed by atoms with Gasteiger partial charge in [0.15, 0.2) is 6.29 Å². The van der Waals surface area contributed by atoms with Crippen molar-refractivity contribution in [2.45, 2.75) is 105 Å². The van der Waals surface area contributed by atoms with E-state index in [9.17, 15) is 4.79 Å². The summed E-state index contributed by atoms with van der Waals surface area (Å²) in [7, 11) is 0. The minimum Gasteiger partial charge on any atom is -0.428 e. The van der Waals surface area contributed by atoms with Gasteiger partial charge in [-0.3, -0.25) is 0 Å². The number of hydrogen-bond acceptors (Lipinski definition) is 5. The van der Waals surface area contributed by atoms with Crippen LogP contribution in [0, 0.1) is 6.92 Å². The Labute approximate surface area is 183 Å². The molecule has 0 heterocycles. The Hall–Kier alpha value is -1.59. The summed E-state index contributed by atoms with van der Waals surface area (Å²) in [5, 5.41) is 0. The molecule has 1 aromatic carbocycles. The molecule has 1 aromatic rings. The van der Waals surface area contributed by atoms with E-state index in [1.54, 1.807) is 6.07 Å². The first-order valence-corrected chi connectivity index (χ1v) is 11.5. The lowest BCUT2D eigenvalue weighted by atomic mass is 10.1.